The van der Waals surface area contributed by atoms with E-state index in [0.29, 0.717) is 0 Å². The molecule has 12 nitrogen and oxygen atoms in total. The standard InChI is InChI=1S/C20H38O7S.Na.H3O4P.H2O.H/c1-5-9-11-16(7-3)14-26-19(21)13-18(28(23,24)25)20(22)27-15-17(8-4)12-10-6-2;;1-5(2,3)4;;/h16-18H,5-15H2,1-4H3,(H,23,24,25);;(H3,1,2,3,4);1H2;/q;+1;;;-1. The summed E-state index contributed by atoms with van der Waals surface area (Å²) in [4.78, 5) is 45.8. The second-order valence-corrected chi connectivity index (χ2v) is 10.5. The number of unbranched alkanes of at least 4 members (excludes halogenated alkanes) is 2. The molecule has 0 heterocycles. The van der Waals surface area contributed by atoms with E-state index in [4.69, 9.17) is 28.7 Å². The van der Waals surface area contributed by atoms with Crippen LogP contribution in [0.15, 0.2) is 0 Å². The summed E-state index contributed by atoms with van der Waals surface area (Å²) in [6, 6.07) is 0. The maximum Gasteiger partial charge on any atom is 1.00 e. The molecule has 6 N–H and O–H groups in total. The summed E-state index contributed by atoms with van der Waals surface area (Å²) < 4.78 is 51.6. The summed E-state index contributed by atoms with van der Waals surface area (Å²) in [5.74, 6) is -1.61. The molecule has 0 saturated carbocycles. The Kier molecular flexibility index (Phi) is 27.7. The first-order valence-electron chi connectivity index (χ1n) is 11.3. The van der Waals surface area contributed by atoms with Crippen molar-refractivity contribution in [1.82, 2.24) is 0 Å². The van der Waals surface area contributed by atoms with Gasteiger partial charge in [0.15, 0.2) is 5.25 Å². The Balaban J connectivity index is -0.000000362. The van der Waals surface area contributed by atoms with Crippen molar-refractivity contribution in [2.45, 2.75) is 90.7 Å². The molecule has 0 aliphatic carbocycles. The van der Waals surface area contributed by atoms with Gasteiger partial charge < -0.3 is 31.1 Å². The van der Waals surface area contributed by atoms with Crippen LogP contribution in [-0.2, 0) is 33.7 Å². The fraction of sp³-hybridized carbons (Fsp3) is 0.900. The molecule has 0 aromatic heterocycles. The predicted molar refractivity (Wildman–Crippen MR) is 127 cm³/mol. The SMILES string of the molecule is CCCCC(CC)COC(=O)CC(C(=O)OCC(CC)CCCC)S(=O)(=O)O.O.O=P(O)(O)O.[H-].[Na+]. The molecule has 0 saturated heterocycles. The van der Waals surface area contributed by atoms with Crippen LogP contribution < -0.4 is 29.6 Å². The molecule has 3 atom stereocenters. The number of esters is 2. The van der Waals surface area contributed by atoms with Gasteiger partial charge in [0, 0.05) is 0 Å². The Morgan fingerprint density at radius 2 is 1.26 bits per heavy atom. The van der Waals surface area contributed by atoms with Crippen LogP contribution in [0.1, 0.15) is 86.9 Å². The monoisotopic (exact) mass is 562 g/mol. The van der Waals surface area contributed by atoms with Crippen LogP contribution in [0.3, 0.4) is 0 Å². The first-order valence-corrected chi connectivity index (χ1v) is 14.3. The molecule has 0 aromatic carbocycles. The summed E-state index contributed by atoms with van der Waals surface area (Å²) in [5.41, 5.74) is 0. The summed E-state index contributed by atoms with van der Waals surface area (Å²) in [6.45, 7) is 8.35. The molecule has 0 spiro atoms. The van der Waals surface area contributed by atoms with E-state index in [-0.39, 0.29) is 61.5 Å². The molecular weight excluding hydrogens is 518 g/mol. The smallest absolute Gasteiger partial charge is 1.00 e. The van der Waals surface area contributed by atoms with Gasteiger partial charge >= 0.3 is 49.3 Å². The van der Waals surface area contributed by atoms with Gasteiger partial charge in [-0.3, -0.25) is 14.1 Å². The molecule has 0 fully saturated rings. The minimum Gasteiger partial charge on any atom is -1.00 e. The molecule has 15 heteroatoms. The van der Waals surface area contributed by atoms with Crippen LogP contribution >= 0.6 is 7.82 Å². The topological polar surface area (TPSA) is 216 Å². The van der Waals surface area contributed by atoms with Gasteiger partial charge in [0.25, 0.3) is 10.1 Å². The molecule has 0 aliphatic heterocycles. The van der Waals surface area contributed by atoms with Crippen molar-refractivity contribution in [2.75, 3.05) is 13.2 Å². The number of carbonyl (C=O) groups excluding carboxylic acids is 2. The summed E-state index contributed by atoms with van der Waals surface area (Å²) in [6.07, 6.45) is 6.74. The first kappa shape index (κ1) is 42.0. The maximum atomic E-state index is 12.2. The average molecular weight is 563 g/mol. The number of hydrogen-bond donors (Lipinski definition) is 4. The van der Waals surface area contributed by atoms with Crippen LogP contribution in [0.5, 0.6) is 0 Å². The molecule has 0 radical (unpaired) electrons. The molecule has 3 unspecified atom stereocenters. The second kappa shape index (κ2) is 23.1. The zero-order chi connectivity index (χ0) is 26.1. The van der Waals surface area contributed by atoms with Crippen LogP contribution in [-0.4, -0.2) is 63.5 Å². The van der Waals surface area contributed by atoms with Crippen LogP contribution in [0, 0.1) is 11.8 Å². The third-order valence-electron chi connectivity index (χ3n) is 5.00. The summed E-state index contributed by atoms with van der Waals surface area (Å²) in [5, 5.41) is -1.95. The van der Waals surface area contributed by atoms with Crippen molar-refractivity contribution in [1.29, 1.82) is 0 Å². The van der Waals surface area contributed by atoms with E-state index in [1.165, 1.54) is 0 Å². The Morgan fingerprint density at radius 1 is 0.886 bits per heavy atom. The molecule has 0 aliphatic rings. The number of carbonyl (C=O) groups is 2. The molecule has 0 rings (SSSR count). The van der Waals surface area contributed by atoms with E-state index in [2.05, 4.69) is 13.8 Å². The van der Waals surface area contributed by atoms with Crippen molar-refractivity contribution in [3.05, 3.63) is 0 Å². The normalized spacial score (nSPS) is 13.6. The van der Waals surface area contributed by atoms with Crippen molar-refractivity contribution < 1.29 is 87.7 Å². The summed E-state index contributed by atoms with van der Waals surface area (Å²) >= 11 is 0. The van der Waals surface area contributed by atoms with Crippen LogP contribution in [0.2, 0.25) is 0 Å². The fourth-order valence-corrected chi connectivity index (χ4v) is 3.48. The van der Waals surface area contributed by atoms with Gasteiger partial charge in [-0.15, -0.1) is 0 Å². The molecule has 0 aromatic rings. The zero-order valence-corrected chi connectivity index (χ0v) is 25.2. The first-order chi connectivity index (χ1) is 15.2. The molecule has 208 valence electrons. The quantitative estimate of drug-likeness (QED) is 0.0815. The van der Waals surface area contributed by atoms with Gasteiger partial charge in [-0.05, 0) is 24.7 Å². The van der Waals surface area contributed by atoms with Gasteiger partial charge in [-0.1, -0.05) is 66.2 Å². The minimum atomic E-state index is -4.76. The third kappa shape index (κ3) is 26.8. The van der Waals surface area contributed by atoms with Crippen LogP contribution in [0.25, 0.3) is 0 Å². The Labute approximate surface area is 232 Å². The van der Waals surface area contributed by atoms with Crippen molar-refractivity contribution in [3.63, 3.8) is 0 Å². The van der Waals surface area contributed by atoms with Gasteiger partial charge in [-0.25, -0.2) is 4.57 Å². The van der Waals surface area contributed by atoms with E-state index in [1.54, 1.807) is 0 Å². The Bertz CT molecular complexity index is 697. The molecule has 35 heavy (non-hydrogen) atoms. The Hall–Kier alpha value is -0.0800. The van der Waals surface area contributed by atoms with E-state index >= 15 is 0 Å². The third-order valence-corrected chi connectivity index (χ3v) is 6.08. The van der Waals surface area contributed by atoms with Gasteiger partial charge in [0.2, 0.25) is 0 Å². The largest absolute Gasteiger partial charge is 1.00 e. The number of rotatable bonds is 16. The van der Waals surface area contributed by atoms with E-state index < -0.39 is 41.6 Å². The molecular formula is C20H44NaO12PS. The van der Waals surface area contributed by atoms with Gasteiger partial charge in [0.1, 0.15) is 0 Å². The zero-order valence-electron chi connectivity index (χ0n) is 22.5. The maximum absolute atomic E-state index is 12.2. The molecule has 0 bridgehead atoms. The minimum absolute atomic E-state index is 0. The molecule has 0 amide bonds. The second-order valence-electron chi connectivity index (χ2n) is 7.87. The van der Waals surface area contributed by atoms with E-state index in [1.807, 2.05) is 13.8 Å². The average Bonchev–Trinajstić information content (AvgIpc) is 2.70. The van der Waals surface area contributed by atoms with E-state index in [9.17, 15) is 22.6 Å². The van der Waals surface area contributed by atoms with Crippen LogP contribution in [0.4, 0.5) is 0 Å². The van der Waals surface area contributed by atoms with Crippen molar-refractivity contribution in [3.8, 4) is 0 Å². The van der Waals surface area contributed by atoms with Crippen molar-refractivity contribution in [2.24, 2.45) is 11.8 Å². The van der Waals surface area contributed by atoms with E-state index in [0.717, 1.165) is 51.4 Å². The van der Waals surface area contributed by atoms with Gasteiger partial charge in [0.05, 0.1) is 19.6 Å². The number of hydrogen-bond acceptors (Lipinski definition) is 7. The van der Waals surface area contributed by atoms with Gasteiger partial charge in [-0.2, -0.15) is 8.42 Å². The predicted octanol–water partition coefficient (Wildman–Crippen LogP) is -0.485. The van der Waals surface area contributed by atoms with Crippen molar-refractivity contribution >= 4 is 29.9 Å². The summed E-state index contributed by atoms with van der Waals surface area (Å²) in [7, 11) is -9.40. The number of phosphoric acid groups is 1. The Morgan fingerprint density at radius 3 is 1.57 bits per heavy atom. The fourth-order valence-electron chi connectivity index (χ4n) is 2.82. The number of ether oxygens (including phenoxy) is 2.